The molecule has 3 aromatic rings. The maximum Gasteiger partial charge on any atom is 0.343 e. The molecule has 1 N–H and O–H groups in total. The lowest BCUT2D eigenvalue weighted by Gasteiger charge is -2.08. The van der Waals surface area contributed by atoms with E-state index in [0.29, 0.717) is 17.7 Å². The summed E-state index contributed by atoms with van der Waals surface area (Å²) in [6, 6.07) is 19.8. The molecule has 0 bridgehead atoms. The maximum absolute atomic E-state index is 12.5. The van der Waals surface area contributed by atoms with Gasteiger partial charge in [-0.05, 0) is 73.4 Å². The first-order valence-corrected chi connectivity index (χ1v) is 13.5. The highest BCUT2D eigenvalue weighted by atomic mass is 16.5. The Bertz CT molecular complexity index is 1120. The largest absolute Gasteiger partial charge is 0.507 e. The number of hydrogen-bond donors (Lipinski definition) is 1. The standard InChI is InChI=1S/C32H39NO4/c1-3-5-7-8-9-10-11-25-12-17-28(18-13-25)33-24-27-16-21-30(23-31(27)34)37-32(35)26-14-19-29(20-15-26)36-22-6-4-2/h12-21,23-24,34H,3-11,22H2,1-2H3. The van der Waals surface area contributed by atoms with Crippen LogP contribution in [0.4, 0.5) is 5.69 Å². The molecule has 196 valence electrons. The number of aryl methyl sites for hydroxylation is 1. The monoisotopic (exact) mass is 501 g/mol. The lowest BCUT2D eigenvalue weighted by atomic mass is 10.0. The van der Waals surface area contributed by atoms with Gasteiger partial charge < -0.3 is 14.6 Å². The molecular weight excluding hydrogens is 462 g/mol. The molecule has 0 aliphatic carbocycles. The first-order valence-electron chi connectivity index (χ1n) is 13.5. The van der Waals surface area contributed by atoms with Gasteiger partial charge in [0.1, 0.15) is 17.2 Å². The van der Waals surface area contributed by atoms with Crippen molar-refractivity contribution >= 4 is 17.9 Å². The Balaban J connectivity index is 1.49. The van der Waals surface area contributed by atoms with E-state index in [1.807, 2.05) is 12.1 Å². The number of rotatable bonds is 15. The van der Waals surface area contributed by atoms with Gasteiger partial charge in [-0.1, -0.05) is 64.5 Å². The summed E-state index contributed by atoms with van der Waals surface area (Å²) < 4.78 is 11.0. The van der Waals surface area contributed by atoms with Gasteiger partial charge in [0.25, 0.3) is 0 Å². The maximum atomic E-state index is 12.5. The van der Waals surface area contributed by atoms with E-state index in [2.05, 4.69) is 31.0 Å². The fraction of sp³-hybridized carbons (Fsp3) is 0.375. The number of ether oxygens (including phenoxy) is 2. The van der Waals surface area contributed by atoms with Crippen molar-refractivity contribution in [2.75, 3.05) is 6.61 Å². The van der Waals surface area contributed by atoms with Crippen molar-refractivity contribution in [2.24, 2.45) is 4.99 Å². The number of esters is 1. The molecule has 5 heteroatoms. The molecule has 0 aliphatic heterocycles. The van der Waals surface area contributed by atoms with E-state index in [-0.39, 0.29) is 11.5 Å². The number of hydrogen-bond acceptors (Lipinski definition) is 5. The minimum atomic E-state index is -0.498. The fourth-order valence-electron chi connectivity index (χ4n) is 3.89. The van der Waals surface area contributed by atoms with Crippen LogP contribution >= 0.6 is 0 Å². The Morgan fingerprint density at radius 3 is 2.19 bits per heavy atom. The number of aromatic hydroxyl groups is 1. The number of carbonyl (C=O) groups is 1. The van der Waals surface area contributed by atoms with E-state index >= 15 is 0 Å². The first-order chi connectivity index (χ1) is 18.1. The minimum Gasteiger partial charge on any atom is -0.507 e. The molecule has 3 aromatic carbocycles. The van der Waals surface area contributed by atoms with Crippen LogP contribution in [-0.4, -0.2) is 23.9 Å². The quantitative estimate of drug-likeness (QED) is 0.0982. The Hall–Kier alpha value is -3.60. The summed E-state index contributed by atoms with van der Waals surface area (Å²) in [6.45, 7) is 5.00. The molecule has 0 amide bonds. The van der Waals surface area contributed by atoms with E-state index in [1.54, 1.807) is 42.6 Å². The van der Waals surface area contributed by atoms with Crippen molar-refractivity contribution in [2.45, 2.75) is 71.6 Å². The van der Waals surface area contributed by atoms with Gasteiger partial charge in [-0.3, -0.25) is 4.99 Å². The number of aliphatic imine (C=N–C) groups is 1. The number of unbranched alkanes of at least 4 members (excludes halogenated alkanes) is 6. The second kappa shape index (κ2) is 15.5. The van der Waals surface area contributed by atoms with Crippen molar-refractivity contribution in [3.8, 4) is 17.2 Å². The van der Waals surface area contributed by atoms with Gasteiger partial charge >= 0.3 is 5.97 Å². The van der Waals surface area contributed by atoms with Crippen molar-refractivity contribution in [3.63, 3.8) is 0 Å². The van der Waals surface area contributed by atoms with Gasteiger partial charge in [0.2, 0.25) is 0 Å². The van der Waals surface area contributed by atoms with E-state index in [4.69, 9.17) is 9.47 Å². The molecule has 37 heavy (non-hydrogen) atoms. The average Bonchev–Trinajstić information content (AvgIpc) is 2.91. The van der Waals surface area contributed by atoms with Crippen molar-refractivity contribution < 1.29 is 19.4 Å². The van der Waals surface area contributed by atoms with E-state index < -0.39 is 5.97 Å². The zero-order valence-corrected chi connectivity index (χ0v) is 22.1. The van der Waals surface area contributed by atoms with Crippen LogP contribution in [0.2, 0.25) is 0 Å². The Morgan fingerprint density at radius 2 is 1.49 bits per heavy atom. The molecular formula is C32H39NO4. The summed E-state index contributed by atoms with van der Waals surface area (Å²) in [4.78, 5) is 17.0. The highest BCUT2D eigenvalue weighted by Gasteiger charge is 2.10. The molecule has 0 heterocycles. The van der Waals surface area contributed by atoms with Gasteiger partial charge in [-0.25, -0.2) is 4.79 Å². The Labute approximate surface area is 221 Å². The topological polar surface area (TPSA) is 68.1 Å². The predicted octanol–water partition coefficient (Wildman–Crippen LogP) is 8.44. The van der Waals surface area contributed by atoms with Crippen LogP contribution in [0.3, 0.4) is 0 Å². The molecule has 0 fully saturated rings. The summed E-state index contributed by atoms with van der Waals surface area (Å²) >= 11 is 0. The summed E-state index contributed by atoms with van der Waals surface area (Å²) in [5.41, 5.74) is 3.10. The fourth-order valence-corrected chi connectivity index (χ4v) is 3.89. The lowest BCUT2D eigenvalue weighted by Crippen LogP contribution is -2.08. The SMILES string of the molecule is CCCCCCCCc1ccc(N=Cc2ccc(OC(=O)c3ccc(OCCCC)cc3)cc2O)cc1. The van der Waals surface area contributed by atoms with Crippen LogP contribution < -0.4 is 9.47 Å². The zero-order valence-electron chi connectivity index (χ0n) is 22.1. The first kappa shape index (κ1) is 28.0. The van der Waals surface area contributed by atoms with E-state index in [0.717, 1.165) is 30.7 Å². The molecule has 0 aromatic heterocycles. The van der Waals surface area contributed by atoms with Crippen LogP contribution in [-0.2, 0) is 6.42 Å². The summed E-state index contributed by atoms with van der Waals surface area (Å²) in [5.74, 6) is 0.482. The molecule has 0 unspecified atom stereocenters. The summed E-state index contributed by atoms with van der Waals surface area (Å²) in [7, 11) is 0. The van der Waals surface area contributed by atoms with Gasteiger partial charge in [0, 0.05) is 17.8 Å². The van der Waals surface area contributed by atoms with Gasteiger partial charge in [0.15, 0.2) is 0 Å². The van der Waals surface area contributed by atoms with Gasteiger partial charge in [0.05, 0.1) is 17.9 Å². The molecule has 0 saturated heterocycles. The van der Waals surface area contributed by atoms with Gasteiger partial charge in [-0.2, -0.15) is 0 Å². The lowest BCUT2D eigenvalue weighted by molar-refractivity contribution is 0.0734. The van der Waals surface area contributed by atoms with Crippen LogP contribution in [0.1, 0.15) is 86.7 Å². The van der Waals surface area contributed by atoms with Gasteiger partial charge in [-0.15, -0.1) is 0 Å². The number of phenolic OH excluding ortho intramolecular Hbond substituents is 1. The highest BCUT2D eigenvalue weighted by Crippen LogP contribution is 2.25. The molecule has 5 nitrogen and oxygen atoms in total. The van der Waals surface area contributed by atoms with Crippen LogP contribution in [0.25, 0.3) is 0 Å². The van der Waals surface area contributed by atoms with Crippen molar-refractivity contribution in [1.29, 1.82) is 0 Å². The van der Waals surface area contributed by atoms with E-state index in [9.17, 15) is 9.90 Å². The smallest absolute Gasteiger partial charge is 0.343 e. The number of phenols is 1. The molecule has 0 aliphatic rings. The zero-order chi connectivity index (χ0) is 26.3. The number of benzene rings is 3. The van der Waals surface area contributed by atoms with Crippen LogP contribution in [0.15, 0.2) is 71.7 Å². The molecule has 3 rings (SSSR count). The summed E-state index contributed by atoms with van der Waals surface area (Å²) in [5, 5.41) is 10.4. The average molecular weight is 502 g/mol. The van der Waals surface area contributed by atoms with Crippen molar-refractivity contribution in [1.82, 2.24) is 0 Å². The molecule has 0 radical (unpaired) electrons. The predicted molar refractivity (Wildman–Crippen MR) is 151 cm³/mol. The normalized spacial score (nSPS) is 11.1. The van der Waals surface area contributed by atoms with E-state index in [1.165, 1.54) is 50.2 Å². The van der Waals surface area contributed by atoms with Crippen molar-refractivity contribution in [3.05, 3.63) is 83.4 Å². The molecule has 0 saturated carbocycles. The number of carbonyl (C=O) groups excluding carboxylic acids is 1. The number of nitrogens with zero attached hydrogens (tertiary/aromatic N) is 1. The Morgan fingerprint density at radius 1 is 0.811 bits per heavy atom. The molecule has 0 spiro atoms. The third kappa shape index (κ3) is 9.76. The second-order valence-corrected chi connectivity index (χ2v) is 9.28. The van der Waals surface area contributed by atoms with Crippen LogP contribution in [0.5, 0.6) is 17.2 Å². The third-order valence-electron chi connectivity index (χ3n) is 6.18. The Kier molecular flexibility index (Phi) is 11.7. The molecule has 0 atom stereocenters. The third-order valence-corrected chi connectivity index (χ3v) is 6.18. The highest BCUT2D eigenvalue weighted by molar-refractivity contribution is 5.91. The summed E-state index contributed by atoms with van der Waals surface area (Å²) in [6.07, 6.45) is 12.5. The minimum absolute atomic E-state index is 0.00610. The second-order valence-electron chi connectivity index (χ2n) is 9.28. The van der Waals surface area contributed by atoms with Crippen LogP contribution in [0, 0.1) is 0 Å².